The zero-order chi connectivity index (χ0) is 23.9. The minimum atomic E-state index is 0. The topological polar surface area (TPSA) is 25.8 Å². The SMILES string of the molecule is [Pt+2].[c-]1ccccc1-c1ccc2c(n1)-c1nc(-c3[c-]cccc3)ccc1-c1ccccc1-c1ccccc1-2. The molecule has 6 aromatic rings. The van der Waals surface area contributed by atoms with Gasteiger partial charge in [-0.05, 0) is 33.6 Å². The second-order valence-corrected chi connectivity index (χ2v) is 8.83. The van der Waals surface area contributed by atoms with Crippen molar-refractivity contribution in [2.45, 2.75) is 0 Å². The number of rotatable bonds is 2. The van der Waals surface area contributed by atoms with Crippen LogP contribution in [-0.2, 0) is 21.1 Å². The molecule has 1 aliphatic carbocycles. The van der Waals surface area contributed by atoms with Crippen molar-refractivity contribution in [3.05, 3.63) is 133 Å². The normalized spacial score (nSPS) is 11.0. The van der Waals surface area contributed by atoms with Crippen molar-refractivity contribution in [2.75, 3.05) is 0 Å². The van der Waals surface area contributed by atoms with Gasteiger partial charge in [-0.3, -0.25) is 9.97 Å². The third kappa shape index (κ3) is 4.04. The molecule has 0 bridgehead atoms. The van der Waals surface area contributed by atoms with Crippen molar-refractivity contribution in [1.82, 2.24) is 9.97 Å². The Hall–Kier alpha value is -4.13. The first-order chi connectivity index (χ1) is 17.9. The van der Waals surface area contributed by atoms with Crippen molar-refractivity contribution in [1.29, 1.82) is 0 Å². The Morgan fingerprint density at radius 3 is 1.14 bits per heavy atom. The number of benzene rings is 4. The maximum atomic E-state index is 5.23. The van der Waals surface area contributed by atoms with Gasteiger partial charge in [-0.25, -0.2) is 0 Å². The van der Waals surface area contributed by atoms with Gasteiger partial charge in [-0.15, -0.1) is 71.8 Å². The fraction of sp³-hybridized carbons (Fsp3) is 0. The van der Waals surface area contributed by atoms with Crippen molar-refractivity contribution in [3.63, 3.8) is 0 Å². The molecule has 0 saturated heterocycles. The quantitative estimate of drug-likeness (QED) is 0.176. The molecule has 176 valence electrons. The summed E-state index contributed by atoms with van der Waals surface area (Å²) in [7, 11) is 0. The average Bonchev–Trinajstić information content (AvgIpc) is 2.97. The number of aromatic nitrogens is 2. The van der Waals surface area contributed by atoms with Gasteiger partial charge >= 0.3 is 21.1 Å². The largest absolute Gasteiger partial charge is 2.00 e. The third-order valence-corrected chi connectivity index (χ3v) is 6.71. The summed E-state index contributed by atoms with van der Waals surface area (Å²) in [6, 6.07) is 48.3. The van der Waals surface area contributed by atoms with Crippen LogP contribution < -0.4 is 0 Å². The Kier molecular flexibility index (Phi) is 6.12. The minimum absolute atomic E-state index is 0. The molecule has 0 radical (unpaired) electrons. The predicted molar refractivity (Wildman–Crippen MR) is 146 cm³/mol. The molecule has 0 unspecified atom stereocenters. The molecule has 0 aliphatic heterocycles. The smallest absolute Gasteiger partial charge is 0.294 e. The fourth-order valence-corrected chi connectivity index (χ4v) is 5.03. The van der Waals surface area contributed by atoms with Crippen LogP contribution in [-0.4, -0.2) is 9.97 Å². The number of hydrogen-bond acceptors (Lipinski definition) is 2. The van der Waals surface area contributed by atoms with E-state index in [0.717, 1.165) is 56.2 Å². The Labute approximate surface area is 231 Å². The Bertz CT molecular complexity index is 1600. The van der Waals surface area contributed by atoms with E-state index in [9.17, 15) is 0 Å². The van der Waals surface area contributed by atoms with E-state index in [0.29, 0.717) is 0 Å². The zero-order valence-corrected chi connectivity index (χ0v) is 22.0. The van der Waals surface area contributed by atoms with Crippen LogP contribution in [0.25, 0.3) is 67.3 Å². The van der Waals surface area contributed by atoms with Gasteiger partial charge in [0.1, 0.15) is 0 Å². The summed E-state index contributed by atoms with van der Waals surface area (Å²) in [6.45, 7) is 0. The van der Waals surface area contributed by atoms with Crippen LogP contribution in [0.3, 0.4) is 0 Å². The molecule has 7 rings (SSSR count). The molecule has 2 aromatic heterocycles. The number of pyridine rings is 2. The van der Waals surface area contributed by atoms with E-state index in [4.69, 9.17) is 9.97 Å². The molecule has 0 fully saturated rings. The Balaban J connectivity index is 0.00000252. The monoisotopic (exact) mass is 651 g/mol. The van der Waals surface area contributed by atoms with Crippen LogP contribution in [0.5, 0.6) is 0 Å². The van der Waals surface area contributed by atoms with Gasteiger partial charge in [0.15, 0.2) is 0 Å². The van der Waals surface area contributed by atoms with E-state index < -0.39 is 0 Å². The Morgan fingerprint density at radius 2 is 0.757 bits per heavy atom. The first-order valence-electron chi connectivity index (χ1n) is 12.0. The summed E-state index contributed by atoms with van der Waals surface area (Å²) in [4.78, 5) is 10.5. The molecule has 0 atom stereocenters. The van der Waals surface area contributed by atoms with Gasteiger partial charge in [0.25, 0.3) is 0 Å². The maximum absolute atomic E-state index is 5.23. The predicted octanol–water partition coefficient (Wildman–Crippen LogP) is 8.39. The molecule has 3 heteroatoms. The minimum Gasteiger partial charge on any atom is -0.294 e. The van der Waals surface area contributed by atoms with Crippen LogP contribution in [0, 0.1) is 12.1 Å². The first-order valence-corrected chi connectivity index (χ1v) is 12.0. The van der Waals surface area contributed by atoms with Crippen LogP contribution >= 0.6 is 0 Å². The van der Waals surface area contributed by atoms with Gasteiger partial charge in [-0.1, -0.05) is 72.8 Å². The van der Waals surface area contributed by atoms with Crippen molar-refractivity contribution in [3.8, 4) is 67.3 Å². The molecule has 4 aromatic carbocycles. The van der Waals surface area contributed by atoms with Gasteiger partial charge in [0.2, 0.25) is 0 Å². The molecule has 37 heavy (non-hydrogen) atoms. The standard InChI is InChI=1S/C34H20N2.Pt/c1-3-11-23(12-4-1)31-21-19-29-27-17-9-7-15-25(27)26-16-8-10-18-28(26)30-20-22-32(24-13-5-2-6-14-24)36-34(30)33(29)35-31;/h1-11,13,15-22H;/q-2;+2. The summed E-state index contributed by atoms with van der Waals surface area (Å²) in [6.07, 6.45) is 0. The molecular weight excluding hydrogens is 631 g/mol. The number of fused-ring (bicyclic) bond motifs is 8. The first kappa shape index (κ1) is 23.3. The van der Waals surface area contributed by atoms with Crippen molar-refractivity contribution >= 4 is 0 Å². The van der Waals surface area contributed by atoms with Crippen LogP contribution in [0.4, 0.5) is 0 Å². The van der Waals surface area contributed by atoms with Crippen molar-refractivity contribution in [2.24, 2.45) is 0 Å². The summed E-state index contributed by atoms with van der Waals surface area (Å²) < 4.78 is 0. The van der Waals surface area contributed by atoms with Crippen LogP contribution in [0.1, 0.15) is 0 Å². The molecule has 2 heterocycles. The number of nitrogens with zero attached hydrogens (tertiary/aromatic N) is 2. The second kappa shape index (κ2) is 9.73. The molecule has 0 saturated carbocycles. The van der Waals surface area contributed by atoms with E-state index in [1.165, 1.54) is 11.1 Å². The van der Waals surface area contributed by atoms with Gasteiger partial charge in [-0.2, -0.15) is 0 Å². The maximum Gasteiger partial charge on any atom is 2.00 e. The fourth-order valence-electron chi connectivity index (χ4n) is 5.03. The van der Waals surface area contributed by atoms with E-state index in [-0.39, 0.29) is 21.1 Å². The second-order valence-electron chi connectivity index (χ2n) is 8.83. The summed E-state index contributed by atoms with van der Waals surface area (Å²) in [5.74, 6) is 0. The van der Waals surface area contributed by atoms with Gasteiger partial charge in [0.05, 0.1) is 11.4 Å². The van der Waals surface area contributed by atoms with E-state index in [1.54, 1.807) is 0 Å². The van der Waals surface area contributed by atoms with Crippen molar-refractivity contribution < 1.29 is 21.1 Å². The van der Waals surface area contributed by atoms with E-state index in [1.807, 2.05) is 48.5 Å². The average molecular weight is 652 g/mol. The summed E-state index contributed by atoms with van der Waals surface area (Å²) >= 11 is 0. The van der Waals surface area contributed by atoms with E-state index >= 15 is 0 Å². The summed E-state index contributed by atoms with van der Waals surface area (Å²) in [5, 5.41) is 0. The molecule has 2 nitrogen and oxygen atoms in total. The van der Waals surface area contributed by atoms with Crippen LogP contribution in [0.2, 0.25) is 0 Å². The molecule has 0 amide bonds. The zero-order valence-electron chi connectivity index (χ0n) is 19.8. The van der Waals surface area contributed by atoms with Crippen LogP contribution in [0.15, 0.2) is 121 Å². The van der Waals surface area contributed by atoms with Gasteiger partial charge < -0.3 is 0 Å². The van der Waals surface area contributed by atoms with E-state index in [2.05, 4.69) is 84.9 Å². The molecule has 0 spiro atoms. The molecular formula is C34H20N2Pt. The Morgan fingerprint density at radius 1 is 0.378 bits per heavy atom. The van der Waals surface area contributed by atoms with Gasteiger partial charge in [0, 0.05) is 11.1 Å². The summed E-state index contributed by atoms with van der Waals surface area (Å²) in [5.41, 5.74) is 12.3. The molecule has 0 N–H and O–H groups in total. The number of hydrogen-bond donors (Lipinski definition) is 0. The third-order valence-electron chi connectivity index (χ3n) is 6.71. The molecule has 1 aliphatic rings.